The third kappa shape index (κ3) is 4.70. The first kappa shape index (κ1) is 11.9. The highest BCUT2D eigenvalue weighted by molar-refractivity contribution is 5.43. The Bertz CT molecular complexity index is 289. The molecule has 1 aromatic rings. The van der Waals surface area contributed by atoms with Crippen LogP contribution in [0.25, 0.3) is 0 Å². The van der Waals surface area contributed by atoms with Crippen molar-refractivity contribution in [3.8, 4) is 5.75 Å². The average Bonchev–Trinajstić information content (AvgIpc) is 2.18. The molecule has 0 bridgehead atoms. The molecular formula is C12H20N2O. The fraction of sp³-hybridized carbons (Fsp3) is 0.500. The van der Waals surface area contributed by atoms with Crippen molar-refractivity contribution in [3.63, 3.8) is 0 Å². The first-order valence-electron chi connectivity index (χ1n) is 5.45. The summed E-state index contributed by atoms with van der Waals surface area (Å²) in [6, 6.07) is 7.54. The molecule has 0 heterocycles. The smallest absolute Gasteiger partial charge is 0.121 e. The van der Waals surface area contributed by atoms with E-state index in [1.807, 2.05) is 24.3 Å². The predicted octanol–water partition coefficient (Wildman–Crippen LogP) is 2.04. The van der Waals surface area contributed by atoms with Crippen molar-refractivity contribution in [2.75, 3.05) is 18.8 Å². The van der Waals surface area contributed by atoms with E-state index in [1.54, 1.807) is 0 Å². The lowest BCUT2D eigenvalue weighted by Gasteiger charge is -2.14. The third-order valence-corrected chi connectivity index (χ3v) is 2.17. The first-order valence-corrected chi connectivity index (χ1v) is 5.45. The summed E-state index contributed by atoms with van der Waals surface area (Å²) < 4.78 is 5.72. The first-order chi connectivity index (χ1) is 7.22. The van der Waals surface area contributed by atoms with Gasteiger partial charge in [0.05, 0.1) is 6.10 Å². The number of anilines is 1. The Balaban J connectivity index is 2.34. The van der Waals surface area contributed by atoms with Gasteiger partial charge in [0.15, 0.2) is 0 Å². The highest BCUT2D eigenvalue weighted by atomic mass is 16.5. The Hall–Kier alpha value is -1.22. The average molecular weight is 208 g/mol. The zero-order valence-corrected chi connectivity index (χ0v) is 9.49. The molecule has 0 aliphatic carbocycles. The van der Waals surface area contributed by atoms with Crippen LogP contribution in [0.4, 0.5) is 5.69 Å². The largest absolute Gasteiger partial charge is 0.491 e. The van der Waals surface area contributed by atoms with Gasteiger partial charge in [-0.05, 0) is 38.6 Å². The molecule has 84 valence electrons. The predicted molar refractivity (Wildman–Crippen MR) is 64.1 cm³/mol. The number of rotatable bonds is 6. The number of benzene rings is 1. The molecule has 1 rings (SSSR count). The van der Waals surface area contributed by atoms with Crippen molar-refractivity contribution < 1.29 is 4.74 Å². The molecule has 0 aliphatic rings. The summed E-state index contributed by atoms with van der Waals surface area (Å²) in [7, 11) is 0. The molecule has 1 unspecified atom stereocenters. The fourth-order valence-electron chi connectivity index (χ4n) is 1.36. The van der Waals surface area contributed by atoms with E-state index in [2.05, 4.69) is 19.2 Å². The Morgan fingerprint density at radius 2 is 2.27 bits per heavy atom. The minimum Gasteiger partial charge on any atom is -0.491 e. The number of hydrogen-bond donors (Lipinski definition) is 2. The Morgan fingerprint density at radius 3 is 2.93 bits per heavy atom. The second-order valence-electron chi connectivity index (χ2n) is 3.64. The van der Waals surface area contributed by atoms with Crippen LogP contribution in [0.15, 0.2) is 24.3 Å². The van der Waals surface area contributed by atoms with Gasteiger partial charge < -0.3 is 15.8 Å². The summed E-state index contributed by atoms with van der Waals surface area (Å²) in [5, 5.41) is 3.27. The van der Waals surface area contributed by atoms with Gasteiger partial charge in [0, 0.05) is 11.8 Å². The van der Waals surface area contributed by atoms with Crippen molar-refractivity contribution in [1.29, 1.82) is 0 Å². The lowest BCUT2D eigenvalue weighted by Crippen LogP contribution is -2.21. The van der Waals surface area contributed by atoms with Crippen LogP contribution in [0.5, 0.6) is 5.75 Å². The quantitative estimate of drug-likeness (QED) is 0.555. The molecule has 3 nitrogen and oxygen atoms in total. The number of ether oxygens (including phenoxy) is 1. The molecule has 0 amide bonds. The van der Waals surface area contributed by atoms with Gasteiger partial charge in [-0.15, -0.1) is 0 Å². The van der Waals surface area contributed by atoms with Crippen LogP contribution in [0.2, 0.25) is 0 Å². The highest BCUT2D eigenvalue weighted by Crippen LogP contribution is 2.16. The van der Waals surface area contributed by atoms with E-state index in [0.717, 1.165) is 30.9 Å². The monoisotopic (exact) mass is 208 g/mol. The molecule has 0 radical (unpaired) electrons. The lowest BCUT2D eigenvalue weighted by atomic mass is 10.2. The second-order valence-corrected chi connectivity index (χ2v) is 3.64. The van der Waals surface area contributed by atoms with Gasteiger partial charge in [-0.25, -0.2) is 0 Å². The molecule has 15 heavy (non-hydrogen) atoms. The van der Waals surface area contributed by atoms with Crippen LogP contribution in [0.1, 0.15) is 20.3 Å². The van der Waals surface area contributed by atoms with Gasteiger partial charge in [-0.1, -0.05) is 13.0 Å². The normalized spacial score (nSPS) is 12.4. The fourth-order valence-corrected chi connectivity index (χ4v) is 1.36. The van der Waals surface area contributed by atoms with E-state index in [1.165, 1.54) is 0 Å². The Labute approximate surface area is 91.6 Å². The van der Waals surface area contributed by atoms with E-state index in [0.29, 0.717) is 0 Å². The molecule has 1 atom stereocenters. The minimum atomic E-state index is 0.214. The van der Waals surface area contributed by atoms with Gasteiger partial charge in [-0.3, -0.25) is 0 Å². The van der Waals surface area contributed by atoms with Crippen LogP contribution in [-0.4, -0.2) is 19.2 Å². The molecule has 0 spiro atoms. The maximum Gasteiger partial charge on any atom is 0.121 e. The van der Waals surface area contributed by atoms with Gasteiger partial charge in [0.1, 0.15) is 5.75 Å². The minimum absolute atomic E-state index is 0.214. The van der Waals surface area contributed by atoms with Gasteiger partial charge in [-0.2, -0.15) is 0 Å². The maximum absolute atomic E-state index is 5.72. The molecular weight excluding hydrogens is 188 g/mol. The molecule has 0 saturated carbocycles. The molecule has 0 saturated heterocycles. The van der Waals surface area contributed by atoms with Crippen molar-refractivity contribution in [2.45, 2.75) is 26.4 Å². The van der Waals surface area contributed by atoms with Gasteiger partial charge >= 0.3 is 0 Å². The van der Waals surface area contributed by atoms with Crippen molar-refractivity contribution >= 4 is 5.69 Å². The van der Waals surface area contributed by atoms with Gasteiger partial charge in [0.2, 0.25) is 0 Å². The number of hydrogen-bond acceptors (Lipinski definition) is 3. The molecule has 0 aromatic heterocycles. The van der Waals surface area contributed by atoms with Crippen LogP contribution in [0, 0.1) is 0 Å². The van der Waals surface area contributed by atoms with Crippen LogP contribution < -0.4 is 15.8 Å². The summed E-state index contributed by atoms with van der Waals surface area (Å²) >= 11 is 0. The summed E-state index contributed by atoms with van der Waals surface area (Å²) in [6.45, 7) is 6.16. The zero-order valence-electron chi connectivity index (χ0n) is 9.49. The summed E-state index contributed by atoms with van der Waals surface area (Å²) in [4.78, 5) is 0. The summed E-state index contributed by atoms with van der Waals surface area (Å²) in [6.07, 6.45) is 1.22. The van der Waals surface area contributed by atoms with E-state index < -0.39 is 0 Å². The molecule has 3 heteroatoms. The van der Waals surface area contributed by atoms with E-state index >= 15 is 0 Å². The van der Waals surface area contributed by atoms with Crippen molar-refractivity contribution in [2.24, 2.45) is 0 Å². The van der Waals surface area contributed by atoms with Gasteiger partial charge in [0.25, 0.3) is 0 Å². The topological polar surface area (TPSA) is 47.3 Å². The van der Waals surface area contributed by atoms with Crippen LogP contribution in [0.3, 0.4) is 0 Å². The molecule has 1 aromatic carbocycles. The highest BCUT2D eigenvalue weighted by Gasteiger charge is 2.03. The lowest BCUT2D eigenvalue weighted by molar-refractivity contribution is 0.210. The van der Waals surface area contributed by atoms with Crippen LogP contribution >= 0.6 is 0 Å². The number of nitrogens with one attached hydrogen (secondary N) is 1. The van der Waals surface area contributed by atoms with Crippen molar-refractivity contribution in [1.82, 2.24) is 5.32 Å². The van der Waals surface area contributed by atoms with Crippen LogP contribution in [-0.2, 0) is 0 Å². The van der Waals surface area contributed by atoms with E-state index in [9.17, 15) is 0 Å². The standard InChI is InChI=1S/C12H20N2O/c1-3-14-8-7-10(2)15-12-6-4-5-11(13)9-12/h4-6,9-10,14H,3,7-8,13H2,1-2H3. The Morgan fingerprint density at radius 1 is 1.47 bits per heavy atom. The SMILES string of the molecule is CCNCCC(C)Oc1cccc(N)c1. The second kappa shape index (κ2) is 6.30. The summed E-state index contributed by atoms with van der Waals surface area (Å²) in [5.74, 6) is 0.846. The summed E-state index contributed by atoms with van der Waals surface area (Å²) in [5.41, 5.74) is 6.41. The third-order valence-electron chi connectivity index (χ3n) is 2.17. The Kier molecular flexibility index (Phi) is 4.98. The molecule has 0 aliphatic heterocycles. The zero-order chi connectivity index (χ0) is 11.1. The van der Waals surface area contributed by atoms with E-state index in [-0.39, 0.29) is 6.10 Å². The molecule has 0 fully saturated rings. The maximum atomic E-state index is 5.72. The van der Waals surface area contributed by atoms with Crippen molar-refractivity contribution in [3.05, 3.63) is 24.3 Å². The van der Waals surface area contributed by atoms with E-state index in [4.69, 9.17) is 10.5 Å². The number of nitrogens with two attached hydrogens (primary N) is 1. The molecule has 3 N–H and O–H groups in total. The number of nitrogen functional groups attached to an aromatic ring is 1.